The normalized spacial score (nSPS) is 10.9. The number of rotatable bonds is 4. The number of nitrogens with zero attached hydrogens (tertiary/aromatic N) is 1. The Morgan fingerprint density at radius 2 is 2.04 bits per heavy atom. The number of amides is 2. The highest BCUT2D eigenvalue weighted by Gasteiger charge is 2.13. The number of carbonyl (C=O) groups excluding carboxylic acids is 2. The molecule has 0 aliphatic heterocycles. The summed E-state index contributed by atoms with van der Waals surface area (Å²) in [5.41, 5.74) is 1.47. The van der Waals surface area contributed by atoms with E-state index < -0.39 is 0 Å². The molecular weight excluding hydrogens is 314 g/mol. The van der Waals surface area contributed by atoms with Crippen molar-refractivity contribution in [1.29, 1.82) is 0 Å². The van der Waals surface area contributed by atoms with Gasteiger partial charge in [0.25, 0.3) is 5.91 Å². The summed E-state index contributed by atoms with van der Waals surface area (Å²) in [5, 5.41) is 6.02. The van der Waals surface area contributed by atoms with Crippen molar-refractivity contribution < 1.29 is 14.0 Å². The maximum atomic E-state index is 11.9. The maximum Gasteiger partial charge on any atom is 0.293 e. The first-order valence-electron chi connectivity index (χ1n) is 7.09. The predicted octanol–water partition coefficient (Wildman–Crippen LogP) is 3.74. The molecule has 0 aliphatic rings. The summed E-state index contributed by atoms with van der Waals surface area (Å²) in [4.78, 5) is 28.0. The second-order valence-corrected chi connectivity index (χ2v) is 6.31. The fraction of sp³-hybridized carbons (Fsp3) is 0.188. The third-order valence-electron chi connectivity index (χ3n) is 3.15. The zero-order valence-electron chi connectivity index (χ0n) is 12.6. The van der Waals surface area contributed by atoms with E-state index in [4.69, 9.17) is 4.42 Å². The van der Waals surface area contributed by atoms with Crippen LogP contribution in [0.3, 0.4) is 0 Å². The maximum absolute atomic E-state index is 11.9. The van der Waals surface area contributed by atoms with Crippen LogP contribution in [0, 0.1) is 5.92 Å². The number of benzene rings is 1. The zero-order valence-corrected chi connectivity index (χ0v) is 13.4. The molecule has 23 heavy (non-hydrogen) atoms. The highest BCUT2D eigenvalue weighted by molar-refractivity contribution is 7.22. The van der Waals surface area contributed by atoms with Crippen LogP contribution in [-0.4, -0.2) is 16.8 Å². The Balaban J connectivity index is 1.79. The highest BCUT2D eigenvalue weighted by Crippen LogP contribution is 2.28. The van der Waals surface area contributed by atoms with Gasteiger partial charge in [0.1, 0.15) is 0 Å². The number of anilines is 2. The molecular formula is C16H15N3O3S. The standard InChI is InChI=1S/C16H15N3O3S/c1-9(2)14(20)17-10-5-6-11-13(8-10)23-16(18-11)19-15(21)12-4-3-7-22-12/h3-9H,1-2H3,(H,17,20)(H,18,19,21). The molecule has 1 aromatic carbocycles. The summed E-state index contributed by atoms with van der Waals surface area (Å²) < 4.78 is 5.92. The van der Waals surface area contributed by atoms with Crippen molar-refractivity contribution in [1.82, 2.24) is 4.98 Å². The molecule has 0 aliphatic carbocycles. The number of aromatic nitrogens is 1. The lowest BCUT2D eigenvalue weighted by molar-refractivity contribution is -0.118. The Hall–Kier alpha value is -2.67. The third kappa shape index (κ3) is 3.40. The van der Waals surface area contributed by atoms with Crippen LogP contribution in [0.4, 0.5) is 10.8 Å². The molecule has 6 nitrogen and oxygen atoms in total. The molecule has 7 heteroatoms. The lowest BCUT2D eigenvalue weighted by atomic mass is 10.2. The van der Waals surface area contributed by atoms with Crippen LogP contribution >= 0.6 is 11.3 Å². The van der Waals surface area contributed by atoms with Crippen LogP contribution in [0.2, 0.25) is 0 Å². The van der Waals surface area contributed by atoms with Gasteiger partial charge in [-0.2, -0.15) is 0 Å². The van der Waals surface area contributed by atoms with Crippen molar-refractivity contribution >= 4 is 44.2 Å². The molecule has 2 amide bonds. The molecule has 0 unspecified atom stereocenters. The Kier molecular flexibility index (Phi) is 4.12. The first-order valence-corrected chi connectivity index (χ1v) is 7.91. The van der Waals surface area contributed by atoms with Gasteiger partial charge in [0, 0.05) is 11.6 Å². The average molecular weight is 329 g/mol. The number of fused-ring (bicyclic) bond motifs is 1. The van der Waals surface area contributed by atoms with Gasteiger partial charge in [-0.15, -0.1) is 0 Å². The summed E-state index contributed by atoms with van der Waals surface area (Å²) >= 11 is 1.34. The number of carbonyl (C=O) groups is 2. The van der Waals surface area contributed by atoms with Crippen molar-refractivity contribution in [2.75, 3.05) is 10.6 Å². The molecule has 3 aromatic rings. The van der Waals surface area contributed by atoms with Gasteiger partial charge in [0.2, 0.25) is 5.91 Å². The van der Waals surface area contributed by atoms with Crippen molar-refractivity contribution in [3.63, 3.8) is 0 Å². The zero-order chi connectivity index (χ0) is 16.4. The number of hydrogen-bond donors (Lipinski definition) is 2. The van der Waals surface area contributed by atoms with Gasteiger partial charge >= 0.3 is 0 Å². The minimum Gasteiger partial charge on any atom is -0.459 e. The monoisotopic (exact) mass is 329 g/mol. The Bertz CT molecular complexity index is 853. The molecule has 2 N–H and O–H groups in total. The number of hydrogen-bond acceptors (Lipinski definition) is 5. The first-order chi connectivity index (χ1) is 11.0. The summed E-state index contributed by atoms with van der Waals surface area (Å²) in [7, 11) is 0. The van der Waals surface area contributed by atoms with E-state index in [1.807, 2.05) is 26.0 Å². The largest absolute Gasteiger partial charge is 0.459 e. The molecule has 2 heterocycles. The second-order valence-electron chi connectivity index (χ2n) is 5.28. The van der Waals surface area contributed by atoms with E-state index in [0.29, 0.717) is 10.8 Å². The lowest BCUT2D eigenvalue weighted by Gasteiger charge is -2.06. The van der Waals surface area contributed by atoms with E-state index in [9.17, 15) is 9.59 Å². The van der Waals surface area contributed by atoms with Gasteiger partial charge in [-0.05, 0) is 30.3 Å². The van der Waals surface area contributed by atoms with Crippen molar-refractivity contribution in [2.45, 2.75) is 13.8 Å². The van der Waals surface area contributed by atoms with E-state index >= 15 is 0 Å². The smallest absolute Gasteiger partial charge is 0.293 e. The summed E-state index contributed by atoms with van der Waals surface area (Å²) in [5.74, 6) is -0.243. The van der Waals surface area contributed by atoms with Crippen LogP contribution in [0.25, 0.3) is 10.2 Å². The van der Waals surface area contributed by atoms with E-state index in [0.717, 1.165) is 10.2 Å². The van der Waals surface area contributed by atoms with E-state index in [1.54, 1.807) is 18.2 Å². The van der Waals surface area contributed by atoms with E-state index in [2.05, 4.69) is 15.6 Å². The fourth-order valence-corrected chi connectivity index (χ4v) is 2.81. The van der Waals surface area contributed by atoms with Crippen LogP contribution in [-0.2, 0) is 4.79 Å². The van der Waals surface area contributed by atoms with Gasteiger partial charge in [-0.1, -0.05) is 25.2 Å². The quantitative estimate of drug-likeness (QED) is 0.764. The molecule has 0 fully saturated rings. The minimum absolute atomic E-state index is 0.0415. The van der Waals surface area contributed by atoms with Crippen LogP contribution in [0.15, 0.2) is 41.0 Å². The first kappa shape index (κ1) is 15.2. The SMILES string of the molecule is CC(C)C(=O)Nc1ccc2nc(NC(=O)c3ccco3)sc2c1. The molecule has 3 rings (SSSR count). The predicted molar refractivity (Wildman–Crippen MR) is 89.7 cm³/mol. The van der Waals surface area contributed by atoms with Crippen LogP contribution < -0.4 is 10.6 Å². The highest BCUT2D eigenvalue weighted by atomic mass is 32.1. The van der Waals surface area contributed by atoms with Gasteiger partial charge in [0.05, 0.1) is 16.5 Å². The van der Waals surface area contributed by atoms with Gasteiger partial charge in [-0.25, -0.2) is 4.98 Å². The van der Waals surface area contributed by atoms with E-state index in [-0.39, 0.29) is 23.5 Å². The van der Waals surface area contributed by atoms with Gasteiger partial charge in [-0.3, -0.25) is 14.9 Å². The molecule has 0 bridgehead atoms. The number of thiazole rings is 1. The molecule has 0 atom stereocenters. The minimum atomic E-state index is -0.345. The molecule has 118 valence electrons. The molecule has 2 aromatic heterocycles. The van der Waals surface area contributed by atoms with Gasteiger partial charge < -0.3 is 9.73 Å². The van der Waals surface area contributed by atoms with Gasteiger partial charge in [0.15, 0.2) is 10.9 Å². The Morgan fingerprint density at radius 3 is 2.74 bits per heavy atom. The Morgan fingerprint density at radius 1 is 1.22 bits per heavy atom. The lowest BCUT2D eigenvalue weighted by Crippen LogP contribution is -2.17. The summed E-state index contributed by atoms with van der Waals surface area (Å²) in [6.07, 6.45) is 1.44. The molecule has 0 spiro atoms. The number of nitrogens with one attached hydrogen (secondary N) is 2. The van der Waals surface area contributed by atoms with Crippen molar-refractivity contribution in [2.24, 2.45) is 5.92 Å². The molecule has 0 saturated carbocycles. The number of furan rings is 1. The summed E-state index contributed by atoms with van der Waals surface area (Å²) in [6, 6.07) is 8.68. The fourth-order valence-electron chi connectivity index (χ4n) is 1.91. The molecule has 0 radical (unpaired) electrons. The van der Waals surface area contributed by atoms with Crippen LogP contribution in [0.1, 0.15) is 24.4 Å². The summed E-state index contributed by atoms with van der Waals surface area (Å²) in [6.45, 7) is 3.67. The average Bonchev–Trinajstić information content (AvgIpc) is 3.15. The second kappa shape index (κ2) is 6.21. The third-order valence-corrected chi connectivity index (χ3v) is 4.08. The van der Waals surface area contributed by atoms with Crippen molar-refractivity contribution in [3.05, 3.63) is 42.4 Å². The topological polar surface area (TPSA) is 84.2 Å². The molecule has 0 saturated heterocycles. The van der Waals surface area contributed by atoms with Crippen molar-refractivity contribution in [3.8, 4) is 0 Å². The Labute approximate surface area is 136 Å². The van der Waals surface area contributed by atoms with Crippen LogP contribution in [0.5, 0.6) is 0 Å². The van der Waals surface area contributed by atoms with E-state index in [1.165, 1.54) is 17.6 Å².